The maximum atomic E-state index is 9.63. The highest BCUT2D eigenvalue weighted by Crippen LogP contribution is 2.14. The third-order valence-electron chi connectivity index (χ3n) is 2.53. The third-order valence-corrected chi connectivity index (χ3v) is 2.85. The first-order chi connectivity index (χ1) is 7.04. The maximum Gasteiger partial charge on any atom is 0.0937 e. The Morgan fingerprint density at radius 3 is 2.40 bits per heavy atom. The predicted molar refractivity (Wildman–Crippen MR) is 62.4 cm³/mol. The van der Waals surface area contributed by atoms with Gasteiger partial charge in [0.05, 0.1) is 18.1 Å². The van der Waals surface area contributed by atoms with Gasteiger partial charge in [0.2, 0.25) is 0 Å². The molecule has 0 fully saturated rings. The van der Waals surface area contributed by atoms with Crippen LogP contribution in [0.5, 0.6) is 0 Å². The minimum atomic E-state index is -0.854. The van der Waals surface area contributed by atoms with Crippen LogP contribution in [0.15, 0.2) is 18.2 Å². The van der Waals surface area contributed by atoms with E-state index in [1.54, 1.807) is 0 Å². The van der Waals surface area contributed by atoms with E-state index in [0.29, 0.717) is 6.42 Å². The van der Waals surface area contributed by atoms with Crippen molar-refractivity contribution in [2.45, 2.75) is 32.5 Å². The zero-order valence-electron chi connectivity index (χ0n) is 9.07. The Morgan fingerprint density at radius 1 is 1.20 bits per heavy atom. The van der Waals surface area contributed by atoms with Gasteiger partial charge in [-0.2, -0.15) is 0 Å². The molecule has 3 heteroatoms. The van der Waals surface area contributed by atoms with E-state index in [0.717, 1.165) is 11.1 Å². The van der Waals surface area contributed by atoms with E-state index in [1.807, 2.05) is 26.0 Å². The van der Waals surface area contributed by atoms with Gasteiger partial charge in [0.15, 0.2) is 0 Å². The number of aliphatic hydroxyl groups excluding tert-OH is 2. The van der Waals surface area contributed by atoms with E-state index in [4.69, 9.17) is 11.6 Å². The summed E-state index contributed by atoms with van der Waals surface area (Å²) >= 11 is 5.47. The van der Waals surface area contributed by atoms with E-state index in [1.165, 1.54) is 5.56 Å². The summed E-state index contributed by atoms with van der Waals surface area (Å²) in [6, 6.07) is 6.05. The van der Waals surface area contributed by atoms with Crippen LogP contribution in [-0.2, 0) is 6.42 Å². The molecule has 0 aliphatic heterocycles. The van der Waals surface area contributed by atoms with Crippen LogP contribution in [0.4, 0.5) is 0 Å². The van der Waals surface area contributed by atoms with Crippen molar-refractivity contribution < 1.29 is 10.2 Å². The minimum Gasteiger partial charge on any atom is -0.390 e. The fraction of sp³-hybridized carbons (Fsp3) is 0.500. The Labute approximate surface area is 95.5 Å². The number of rotatable bonds is 4. The second-order valence-corrected chi connectivity index (χ2v) is 4.23. The van der Waals surface area contributed by atoms with Gasteiger partial charge in [-0.25, -0.2) is 0 Å². The first-order valence-corrected chi connectivity index (χ1v) is 5.56. The lowest BCUT2D eigenvalue weighted by Crippen LogP contribution is -2.29. The molecule has 1 rings (SSSR count). The van der Waals surface area contributed by atoms with Gasteiger partial charge in [0, 0.05) is 6.42 Å². The number of aliphatic hydroxyl groups is 2. The highest BCUT2D eigenvalue weighted by atomic mass is 35.5. The standard InChI is InChI=1S/C12H17ClO2/c1-8-3-4-10(9(2)5-8)6-11(14)12(15)7-13/h3-5,11-12,14-15H,6-7H2,1-2H3/t11-,12?/m1/s1. The van der Waals surface area contributed by atoms with Crippen LogP contribution in [-0.4, -0.2) is 28.3 Å². The molecule has 0 radical (unpaired) electrons. The highest BCUT2D eigenvalue weighted by Gasteiger charge is 2.16. The van der Waals surface area contributed by atoms with Gasteiger partial charge in [0.1, 0.15) is 0 Å². The van der Waals surface area contributed by atoms with Gasteiger partial charge < -0.3 is 10.2 Å². The smallest absolute Gasteiger partial charge is 0.0937 e. The molecule has 0 heterocycles. The molecule has 2 atom stereocenters. The summed E-state index contributed by atoms with van der Waals surface area (Å²) in [4.78, 5) is 0. The number of aryl methyl sites for hydroxylation is 2. The molecule has 0 amide bonds. The third kappa shape index (κ3) is 3.49. The van der Waals surface area contributed by atoms with E-state index in [9.17, 15) is 10.2 Å². The van der Waals surface area contributed by atoms with Crippen LogP contribution in [0.25, 0.3) is 0 Å². The quantitative estimate of drug-likeness (QED) is 0.772. The fourth-order valence-corrected chi connectivity index (χ4v) is 1.74. The largest absolute Gasteiger partial charge is 0.390 e. The topological polar surface area (TPSA) is 40.5 Å². The van der Waals surface area contributed by atoms with Crippen molar-refractivity contribution in [3.05, 3.63) is 34.9 Å². The summed E-state index contributed by atoms with van der Waals surface area (Å²) in [5.41, 5.74) is 3.39. The molecule has 2 nitrogen and oxygen atoms in total. The first-order valence-electron chi connectivity index (χ1n) is 5.03. The van der Waals surface area contributed by atoms with Crippen molar-refractivity contribution >= 4 is 11.6 Å². The van der Waals surface area contributed by atoms with Gasteiger partial charge in [-0.15, -0.1) is 11.6 Å². The second-order valence-electron chi connectivity index (χ2n) is 3.92. The molecule has 1 aromatic carbocycles. The molecule has 0 spiro atoms. The van der Waals surface area contributed by atoms with Gasteiger partial charge in [0.25, 0.3) is 0 Å². The van der Waals surface area contributed by atoms with E-state index in [-0.39, 0.29) is 5.88 Å². The maximum absolute atomic E-state index is 9.63. The van der Waals surface area contributed by atoms with E-state index in [2.05, 4.69) is 6.07 Å². The number of alkyl halides is 1. The Balaban J connectivity index is 2.72. The van der Waals surface area contributed by atoms with Gasteiger partial charge in [-0.05, 0) is 25.0 Å². The normalized spacial score (nSPS) is 15.0. The molecule has 15 heavy (non-hydrogen) atoms. The number of halogens is 1. The molecule has 84 valence electrons. The van der Waals surface area contributed by atoms with Crippen molar-refractivity contribution in [3.63, 3.8) is 0 Å². The van der Waals surface area contributed by atoms with Crippen LogP contribution < -0.4 is 0 Å². The molecule has 0 bridgehead atoms. The lowest BCUT2D eigenvalue weighted by molar-refractivity contribution is 0.0340. The Morgan fingerprint density at radius 2 is 1.87 bits per heavy atom. The van der Waals surface area contributed by atoms with E-state index >= 15 is 0 Å². The van der Waals surface area contributed by atoms with Crippen LogP contribution in [0, 0.1) is 13.8 Å². The van der Waals surface area contributed by atoms with Crippen LogP contribution in [0.2, 0.25) is 0 Å². The van der Waals surface area contributed by atoms with Crippen molar-refractivity contribution in [1.82, 2.24) is 0 Å². The SMILES string of the molecule is Cc1ccc(C[C@@H](O)C(O)CCl)c(C)c1. The Kier molecular flexibility index (Phi) is 4.58. The zero-order chi connectivity index (χ0) is 11.4. The van der Waals surface area contributed by atoms with Gasteiger partial charge >= 0.3 is 0 Å². The van der Waals surface area contributed by atoms with Crippen LogP contribution in [0.1, 0.15) is 16.7 Å². The molecule has 0 saturated carbocycles. The molecular weight excluding hydrogens is 212 g/mol. The van der Waals surface area contributed by atoms with Crippen molar-refractivity contribution in [3.8, 4) is 0 Å². The Bertz CT molecular complexity index is 325. The average molecular weight is 229 g/mol. The molecule has 0 aliphatic rings. The minimum absolute atomic E-state index is 0.0616. The molecule has 0 saturated heterocycles. The molecule has 1 aromatic rings. The summed E-state index contributed by atoms with van der Waals surface area (Å²) < 4.78 is 0. The lowest BCUT2D eigenvalue weighted by Gasteiger charge is -2.16. The van der Waals surface area contributed by atoms with Crippen LogP contribution in [0.3, 0.4) is 0 Å². The number of hydrogen-bond acceptors (Lipinski definition) is 2. The molecule has 0 aromatic heterocycles. The molecule has 2 N–H and O–H groups in total. The van der Waals surface area contributed by atoms with Gasteiger partial charge in [-0.1, -0.05) is 23.8 Å². The lowest BCUT2D eigenvalue weighted by atomic mass is 9.99. The van der Waals surface area contributed by atoms with Crippen molar-refractivity contribution in [2.24, 2.45) is 0 Å². The Hall–Kier alpha value is -0.570. The summed E-state index contributed by atoms with van der Waals surface area (Å²) in [7, 11) is 0. The van der Waals surface area contributed by atoms with E-state index < -0.39 is 12.2 Å². The summed E-state index contributed by atoms with van der Waals surface area (Å²) in [6.07, 6.45) is -1.20. The van der Waals surface area contributed by atoms with Crippen molar-refractivity contribution in [2.75, 3.05) is 5.88 Å². The number of benzene rings is 1. The highest BCUT2D eigenvalue weighted by molar-refractivity contribution is 6.18. The summed E-state index contributed by atoms with van der Waals surface area (Å²) in [6.45, 7) is 4.03. The average Bonchev–Trinajstić information content (AvgIpc) is 2.20. The molecule has 1 unspecified atom stereocenters. The second kappa shape index (κ2) is 5.50. The van der Waals surface area contributed by atoms with Gasteiger partial charge in [-0.3, -0.25) is 0 Å². The zero-order valence-corrected chi connectivity index (χ0v) is 9.83. The fourth-order valence-electron chi connectivity index (χ4n) is 1.54. The molecular formula is C12H17ClO2. The molecule has 0 aliphatic carbocycles. The predicted octanol–water partition coefficient (Wildman–Crippen LogP) is 1.81. The summed E-state index contributed by atoms with van der Waals surface area (Å²) in [5.74, 6) is 0.0616. The first kappa shape index (κ1) is 12.5. The summed E-state index contributed by atoms with van der Waals surface area (Å²) in [5, 5.41) is 19.0. The van der Waals surface area contributed by atoms with Crippen LogP contribution >= 0.6 is 11.6 Å². The van der Waals surface area contributed by atoms with Crippen molar-refractivity contribution in [1.29, 1.82) is 0 Å². The monoisotopic (exact) mass is 228 g/mol. The number of hydrogen-bond donors (Lipinski definition) is 2.